The van der Waals surface area contributed by atoms with Crippen LogP contribution in [0.3, 0.4) is 0 Å². The lowest BCUT2D eigenvalue weighted by Crippen LogP contribution is -1.94. The topological polar surface area (TPSA) is 9.23 Å². The first kappa shape index (κ1) is 12.5. The Morgan fingerprint density at radius 3 is 2.76 bits per heavy atom. The molecule has 0 heterocycles. The lowest BCUT2D eigenvalue weighted by atomic mass is 10.1. The standard InChI is InChI=1S/C14H12BrClO/c15-14-12-6-2-1-5-11(12)7-8-13(14)17-10-4-3-9-16/h1-8H,9-10H2. The van der Waals surface area contributed by atoms with Gasteiger partial charge in [-0.3, -0.25) is 0 Å². The first-order valence-corrected chi connectivity index (χ1v) is 6.66. The van der Waals surface area contributed by atoms with Crippen LogP contribution in [0.2, 0.25) is 0 Å². The predicted molar refractivity (Wildman–Crippen MR) is 77.0 cm³/mol. The first-order valence-electron chi connectivity index (χ1n) is 5.34. The molecule has 0 unspecified atom stereocenters. The number of alkyl halides is 1. The van der Waals surface area contributed by atoms with Gasteiger partial charge in [-0.05, 0) is 32.8 Å². The van der Waals surface area contributed by atoms with E-state index in [4.69, 9.17) is 16.3 Å². The van der Waals surface area contributed by atoms with Crippen molar-refractivity contribution in [2.24, 2.45) is 0 Å². The predicted octanol–water partition coefficient (Wildman–Crippen LogP) is 4.78. The van der Waals surface area contributed by atoms with E-state index < -0.39 is 0 Å². The van der Waals surface area contributed by atoms with Gasteiger partial charge >= 0.3 is 0 Å². The number of rotatable bonds is 4. The Morgan fingerprint density at radius 1 is 1.12 bits per heavy atom. The summed E-state index contributed by atoms with van der Waals surface area (Å²) in [6.07, 6.45) is 3.78. The summed E-state index contributed by atoms with van der Waals surface area (Å²) in [6, 6.07) is 12.2. The molecule has 0 atom stereocenters. The third kappa shape index (κ3) is 3.02. The number of allylic oxidation sites excluding steroid dienone is 1. The van der Waals surface area contributed by atoms with Crippen LogP contribution in [-0.2, 0) is 0 Å². The third-order valence-corrected chi connectivity index (χ3v) is 3.41. The normalized spacial score (nSPS) is 11.2. The molecule has 0 spiro atoms. The molecular weight excluding hydrogens is 300 g/mol. The molecule has 2 rings (SSSR count). The minimum absolute atomic E-state index is 0.516. The second-order valence-electron chi connectivity index (χ2n) is 3.54. The second-order valence-corrected chi connectivity index (χ2v) is 4.64. The van der Waals surface area contributed by atoms with E-state index in [1.165, 1.54) is 5.39 Å². The van der Waals surface area contributed by atoms with E-state index in [-0.39, 0.29) is 0 Å². The van der Waals surface area contributed by atoms with Crippen molar-refractivity contribution in [3.63, 3.8) is 0 Å². The molecule has 88 valence electrons. The van der Waals surface area contributed by atoms with Gasteiger partial charge in [0.1, 0.15) is 12.4 Å². The molecule has 1 nitrogen and oxygen atoms in total. The van der Waals surface area contributed by atoms with Crippen molar-refractivity contribution in [3.8, 4) is 5.75 Å². The molecule has 17 heavy (non-hydrogen) atoms. The number of benzene rings is 2. The summed E-state index contributed by atoms with van der Waals surface area (Å²) in [7, 11) is 0. The van der Waals surface area contributed by atoms with Crippen LogP contribution in [0.15, 0.2) is 53.0 Å². The monoisotopic (exact) mass is 310 g/mol. The summed E-state index contributed by atoms with van der Waals surface area (Å²) in [4.78, 5) is 0. The maximum atomic E-state index is 5.65. The van der Waals surface area contributed by atoms with E-state index in [2.05, 4.69) is 34.1 Å². The molecule has 0 aliphatic heterocycles. The summed E-state index contributed by atoms with van der Waals surface area (Å²) in [6.45, 7) is 0.531. The van der Waals surface area contributed by atoms with Gasteiger partial charge in [-0.1, -0.05) is 42.5 Å². The molecule has 2 aromatic carbocycles. The fourth-order valence-electron chi connectivity index (χ4n) is 1.59. The van der Waals surface area contributed by atoms with Crippen LogP contribution in [-0.4, -0.2) is 12.5 Å². The van der Waals surface area contributed by atoms with E-state index in [0.29, 0.717) is 12.5 Å². The van der Waals surface area contributed by atoms with Crippen LogP contribution < -0.4 is 4.74 Å². The van der Waals surface area contributed by atoms with Crippen molar-refractivity contribution in [2.75, 3.05) is 12.5 Å². The Hall–Kier alpha value is -0.990. The highest BCUT2D eigenvalue weighted by Gasteiger charge is 2.04. The van der Waals surface area contributed by atoms with Gasteiger partial charge in [-0.25, -0.2) is 0 Å². The van der Waals surface area contributed by atoms with Gasteiger partial charge in [0.15, 0.2) is 0 Å². The van der Waals surface area contributed by atoms with Crippen molar-refractivity contribution in [1.29, 1.82) is 0 Å². The zero-order valence-electron chi connectivity index (χ0n) is 9.20. The lowest BCUT2D eigenvalue weighted by Gasteiger charge is -2.08. The summed E-state index contributed by atoms with van der Waals surface area (Å²) >= 11 is 9.12. The fourth-order valence-corrected chi connectivity index (χ4v) is 2.33. The summed E-state index contributed by atoms with van der Waals surface area (Å²) in [5, 5.41) is 2.36. The minimum atomic E-state index is 0.516. The van der Waals surface area contributed by atoms with Crippen LogP contribution in [0.25, 0.3) is 10.8 Å². The lowest BCUT2D eigenvalue weighted by molar-refractivity contribution is 0.361. The van der Waals surface area contributed by atoms with Crippen LogP contribution in [0.4, 0.5) is 0 Å². The van der Waals surface area contributed by atoms with Gasteiger partial charge in [0, 0.05) is 5.88 Å². The highest BCUT2D eigenvalue weighted by Crippen LogP contribution is 2.32. The fraction of sp³-hybridized carbons (Fsp3) is 0.143. The summed E-state index contributed by atoms with van der Waals surface area (Å²) < 4.78 is 6.65. The van der Waals surface area contributed by atoms with Gasteiger partial charge in [0.2, 0.25) is 0 Å². The molecule has 0 aliphatic rings. The van der Waals surface area contributed by atoms with Crippen molar-refractivity contribution >= 4 is 38.3 Å². The third-order valence-electron chi connectivity index (χ3n) is 2.42. The summed E-state index contributed by atoms with van der Waals surface area (Å²) in [5.41, 5.74) is 0. The zero-order chi connectivity index (χ0) is 12.1. The van der Waals surface area contributed by atoms with Gasteiger partial charge < -0.3 is 4.74 Å². The molecule has 3 heteroatoms. The Balaban J connectivity index is 2.23. The highest BCUT2D eigenvalue weighted by molar-refractivity contribution is 9.10. The number of fused-ring (bicyclic) bond motifs is 1. The number of halogens is 2. The van der Waals surface area contributed by atoms with Gasteiger partial charge in [-0.2, -0.15) is 0 Å². The van der Waals surface area contributed by atoms with Crippen LogP contribution in [0.5, 0.6) is 5.75 Å². The molecule has 0 aromatic heterocycles. The summed E-state index contributed by atoms with van der Waals surface area (Å²) in [5.74, 6) is 1.37. The second kappa shape index (κ2) is 6.08. The van der Waals surface area contributed by atoms with Crippen molar-refractivity contribution in [2.45, 2.75) is 0 Å². The van der Waals surface area contributed by atoms with E-state index >= 15 is 0 Å². The molecule has 0 N–H and O–H groups in total. The van der Waals surface area contributed by atoms with E-state index in [1.807, 2.05) is 30.4 Å². The Morgan fingerprint density at radius 2 is 1.94 bits per heavy atom. The molecule has 0 bridgehead atoms. The quantitative estimate of drug-likeness (QED) is 0.583. The smallest absolute Gasteiger partial charge is 0.134 e. The Kier molecular flexibility index (Phi) is 4.46. The Labute approximate surface area is 114 Å². The average molecular weight is 312 g/mol. The van der Waals surface area contributed by atoms with Gasteiger partial charge in [0.05, 0.1) is 4.47 Å². The molecule has 0 radical (unpaired) electrons. The molecule has 0 fully saturated rings. The molecule has 2 aromatic rings. The maximum absolute atomic E-state index is 5.65. The van der Waals surface area contributed by atoms with Gasteiger partial charge in [0.25, 0.3) is 0 Å². The van der Waals surface area contributed by atoms with Crippen molar-refractivity contribution < 1.29 is 4.74 Å². The largest absolute Gasteiger partial charge is 0.488 e. The number of hydrogen-bond donors (Lipinski definition) is 0. The number of ether oxygens (including phenoxy) is 1. The van der Waals surface area contributed by atoms with Crippen LogP contribution >= 0.6 is 27.5 Å². The van der Waals surface area contributed by atoms with Crippen LogP contribution in [0.1, 0.15) is 0 Å². The van der Waals surface area contributed by atoms with E-state index in [9.17, 15) is 0 Å². The minimum Gasteiger partial charge on any atom is -0.488 e. The van der Waals surface area contributed by atoms with Gasteiger partial charge in [-0.15, -0.1) is 11.6 Å². The maximum Gasteiger partial charge on any atom is 0.134 e. The molecule has 0 saturated heterocycles. The average Bonchev–Trinajstić information content (AvgIpc) is 2.37. The van der Waals surface area contributed by atoms with E-state index in [1.54, 1.807) is 0 Å². The van der Waals surface area contributed by atoms with E-state index in [0.717, 1.165) is 15.6 Å². The molecule has 0 aliphatic carbocycles. The van der Waals surface area contributed by atoms with Crippen molar-refractivity contribution in [1.82, 2.24) is 0 Å². The van der Waals surface area contributed by atoms with Crippen LogP contribution in [0, 0.1) is 0 Å². The molecular formula is C14H12BrClO. The highest BCUT2D eigenvalue weighted by atomic mass is 79.9. The number of hydrogen-bond acceptors (Lipinski definition) is 1. The molecule has 0 amide bonds. The molecule has 0 saturated carbocycles. The van der Waals surface area contributed by atoms with Crippen molar-refractivity contribution in [3.05, 3.63) is 53.0 Å². The first-order chi connectivity index (χ1) is 8.33. The SMILES string of the molecule is ClCC=CCOc1ccc2ccccc2c1Br. The Bertz CT molecular complexity index is 537. The zero-order valence-corrected chi connectivity index (χ0v) is 11.5.